The molecule has 0 saturated heterocycles. The van der Waals surface area contributed by atoms with E-state index in [0.717, 1.165) is 0 Å². The molecule has 0 fully saturated rings. The van der Waals surface area contributed by atoms with Crippen molar-refractivity contribution in [3.05, 3.63) is 0 Å². The molecule has 1 N–H and O–H groups in total. The smallest absolute Gasteiger partial charge is 0.165 e. The summed E-state index contributed by atoms with van der Waals surface area (Å²) in [6.45, 7) is 11.7. The van der Waals surface area contributed by atoms with E-state index in [4.69, 9.17) is 4.84 Å². The quantitative estimate of drug-likeness (QED) is 0.686. The van der Waals surface area contributed by atoms with E-state index < -0.39 is 0 Å². The summed E-state index contributed by atoms with van der Waals surface area (Å²) in [5.41, 5.74) is 2.37. The highest BCUT2D eigenvalue weighted by Gasteiger charge is 2.21. The van der Waals surface area contributed by atoms with Gasteiger partial charge >= 0.3 is 0 Å². The van der Waals surface area contributed by atoms with Crippen LogP contribution in [-0.4, -0.2) is 17.9 Å². The fourth-order valence-electron chi connectivity index (χ4n) is 0.535. The first-order valence-electron chi connectivity index (χ1n) is 4.55. The van der Waals surface area contributed by atoms with Crippen LogP contribution in [0.25, 0.3) is 0 Å². The van der Waals surface area contributed by atoms with Gasteiger partial charge in [-0.3, -0.25) is 9.63 Å². The molecule has 0 bridgehead atoms. The van der Waals surface area contributed by atoms with Gasteiger partial charge in [0.25, 0.3) is 0 Å². The molecule has 0 rings (SSSR count). The van der Waals surface area contributed by atoms with Crippen molar-refractivity contribution in [2.45, 2.75) is 47.1 Å². The van der Waals surface area contributed by atoms with Crippen molar-refractivity contribution in [3.63, 3.8) is 0 Å². The van der Waals surface area contributed by atoms with Gasteiger partial charge in [-0.1, -0.05) is 20.8 Å². The Balaban J connectivity index is 3.74. The van der Waals surface area contributed by atoms with Gasteiger partial charge in [-0.15, -0.1) is 0 Å². The Morgan fingerprint density at radius 3 is 1.92 bits per heavy atom. The Labute approximate surface area is 80.8 Å². The topological polar surface area (TPSA) is 38.3 Å². The van der Waals surface area contributed by atoms with E-state index in [1.165, 1.54) is 0 Å². The zero-order chi connectivity index (χ0) is 10.7. The van der Waals surface area contributed by atoms with Gasteiger partial charge < -0.3 is 0 Å². The van der Waals surface area contributed by atoms with E-state index in [1.54, 1.807) is 0 Å². The van der Waals surface area contributed by atoms with E-state index in [9.17, 15) is 4.79 Å². The van der Waals surface area contributed by atoms with Gasteiger partial charge in [0, 0.05) is 11.0 Å². The average molecular weight is 187 g/mol. The molecule has 0 aromatic heterocycles. The maximum Gasteiger partial charge on any atom is 0.165 e. The average Bonchev–Trinajstić information content (AvgIpc) is 1.82. The van der Waals surface area contributed by atoms with Crippen LogP contribution in [0.1, 0.15) is 41.5 Å². The number of ketones is 1. The van der Waals surface area contributed by atoms with E-state index in [2.05, 4.69) is 5.48 Å². The molecule has 3 heteroatoms. The number of carbonyl (C=O) groups excluding carboxylic acids is 1. The monoisotopic (exact) mass is 187 g/mol. The van der Waals surface area contributed by atoms with Crippen LogP contribution in [0, 0.1) is 5.41 Å². The maximum absolute atomic E-state index is 11.4. The lowest BCUT2D eigenvalue weighted by molar-refractivity contribution is -0.135. The molecular formula is C10H21NO2. The SMILES string of the molecule is CC(C)(C)NOCC(=O)C(C)(C)C. The predicted octanol–water partition coefficient (Wildman–Crippen LogP) is 1.92. The summed E-state index contributed by atoms with van der Waals surface area (Å²) in [7, 11) is 0. The molecule has 0 aliphatic carbocycles. The van der Waals surface area contributed by atoms with E-state index >= 15 is 0 Å². The van der Waals surface area contributed by atoms with Crippen LogP contribution in [0.15, 0.2) is 0 Å². The highest BCUT2D eigenvalue weighted by molar-refractivity contribution is 5.84. The highest BCUT2D eigenvalue weighted by Crippen LogP contribution is 2.14. The number of hydrogen-bond donors (Lipinski definition) is 1. The van der Waals surface area contributed by atoms with E-state index in [0.29, 0.717) is 0 Å². The maximum atomic E-state index is 11.4. The number of nitrogens with one attached hydrogen (secondary N) is 1. The molecule has 0 spiro atoms. The predicted molar refractivity (Wildman–Crippen MR) is 53.3 cm³/mol. The number of Topliss-reactive ketones (excluding diaryl/α,β-unsaturated/α-hetero) is 1. The molecule has 0 aromatic rings. The minimum absolute atomic E-state index is 0.101. The molecular weight excluding hydrogens is 166 g/mol. The normalized spacial score (nSPS) is 13.1. The Kier molecular flexibility index (Phi) is 4.07. The lowest BCUT2D eigenvalue weighted by atomic mass is 9.91. The molecule has 78 valence electrons. The van der Waals surface area contributed by atoms with Crippen molar-refractivity contribution in [3.8, 4) is 0 Å². The molecule has 0 amide bonds. The first-order chi connectivity index (χ1) is 5.63. The van der Waals surface area contributed by atoms with Gasteiger partial charge in [0.1, 0.15) is 6.61 Å². The van der Waals surface area contributed by atoms with Crippen LogP contribution in [-0.2, 0) is 9.63 Å². The molecule has 0 heterocycles. The summed E-state index contributed by atoms with van der Waals surface area (Å²) in [6, 6.07) is 0. The zero-order valence-corrected chi connectivity index (χ0v) is 9.52. The third kappa shape index (κ3) is 6.72. The second-order valence-corrected chi connectivity index (χ2v) is 5.31. The summed E-state index contributed by atoms with van der Waals surface area (Å²) in [5.74, 6) is 0.101. The second kappa shape index (κ2) is 4.20. The Morgan fingerprint density at radius 1 is 1.15 bits per heavy atom. The van der Waals surface area contributed by atoms with Crippen LogP contribution < -0.4 is 5.48 Å². The lowest BCUT2D eigenvalue weighted by Gasteiger charge is -2.22. The minimum Gasteiger partial charge on any atom is -0.296 e. The first-order valence-corrected chi connectivity index (χ1v) is 4.55. The number of carbonyl (C=O) groups is 1. The fraction of sp³-hybridized carbons (Fsp3) is 0.900. The van der Waals surface area contributed by atoms with Crippen molar-refractivity contribution in [1.29, 1.82) is 0 Å². The molecule has 0 radical (unpaired) electrons. The summed E-state index contributed by atoms with van der Waals surface area (Å²) >= 11 is 0. The molecule has 13 heavy (non-hydrogen) atoms. The van der Waals surface area contributed by atoms with Crippen LogP contribution >= 0.6 is 0 Å². The van der Waals surface area contributed by atoms with E-state index in [1.807, 2.05) is 41.5 Å². The fourth-order valence-corrected chi connectivity index (χ4v) is 0.535. The van der Waals surface area contributed by atoms with Gasteiger partial charge in [-0.2, -0.15) is 5.48 Å². The molecule has 0 aliphatic rings. The standard InChI is InChI=1S/C10H21NO2/c1-9(2,3)8(12)7-13-11-10(4,5)6/h11H,7H2,1-6H3. The van der Waals surface area contributed by atoms with Crippen LogP contribution in [0.5, 0.6) is 0 Å². The van der Waals surface area contributed by atoms with Crippen molar-refractivity contribution < 1.29 is 9.63 Å². The first kappa shape index (κ1) is 12.6. The zero-order valence-electron chi connectivity index (χ0n) is 9.52. The van der Waals surface area contributed by atoms with E-state index in [-0.39, 0.29) is 23.3 Å². The number of hydroxylamine groups is 1. The van der Waals surface area contributed by atoms with Gasteiger partial charge in [0.05, 0.1) is 0 Å². The molecule has 0 atom stereocenters. The largest absolute Gasteiger partial charge is 0.296 e. The van der Waals surface area contributed by atoms with Crippen molar-refractivity contribution in [1.82, 2.24) is 5.48 Å². The Bertz CT molecular complexity index is 174. The van der Waals surface area contributed by atoms with Gasteiger partial charge in [-0.05, 0) is 20.8 Å². The molecule has 3 nitrogen and oxygen atoms in total. The van der Waals surface area contributed by atoms with Crippen molar-refractivity contribution in [2.24, 2.45) is 5.41 Å². The third-order valence-electron chi connectivity index (χ3n) is 1.42. The Hall–Kier alpha value is -0.410. The van der Waals surface area contributed by atoms with Crippen LogP contribution in [0.2, 0.25) is 0 Å². The second-order valence-electron chi connectivity index (χ2n) is 5.31. The van der Waals surface area contributed by atoms with Gasteiger partial charge in [0.2, 0.25) is 0 Å². The minimum atomic E-state index is -0.320. The summed E-state index contributed by atoms with van der Waals surface area (Å²) in [5, 5.41) is 0. The number of rotatable bonds is 3. The number of hydrogen-bond acceptors (Lipinski definition) is 3. The van der Waals surface area contributed by atoms with Gasteiger partial charge in [0.15, 0.2) is 5.78 Å². The molecule has 0 unspecified atom stereocenters. The third-order valence-corrected chi connectivity index (χ3v) is 1.42. The molecule has 0 aromatic carbocycles. The summed E-state index contributed by atoms with van der Waals surface area (Å²) in [6.07, 6.45) is 0. The van der Waals surface area contributed by atoms with Crippen molar-refractivity contribution in [2.75, 3.05) is 6.61 Å². The lowest BCUT2D eigenvalue weighted by Crippen LogP contribution is -2.38. The van der Waals surface area contributed by atoms with Gasteiger partial charge in [-0.25, -0.2) is 0 Å². The highest BCUT2D eigenvalue weighted by atomic mass is 16.6. The molecule has 0 saturated carbocycles. The Morgan fingerprint density at radius 2 is 1.62 bits per heavy atom. The summed E-state index contributed by atoms with van der Waals surface area (Å²) < 4.78 is 0. The summed E-state index contributed by atoms with van der Waals surface area (Å²) in [4.78, 5) is 16.5. The van der Waals surface area contributed by atoms with Crippen molar-refractivity contribution >= 4 is 5.78 Å². The van der Waals surface area contributed by atoms with Crippen LogP contribution in [0.4, 0.5) is 0 Å². The van der Waals surface area contributed by atoms with Crippen LogP contribution in [0.3, 0.4) is 0 Å². The molecule has 0 aliphatic heterocycles.